The largest absolute Gasteiger partial charge is 0.288 e. The first-order valence-electron chi connectivity index (χ1n) is 5.18. The Morgan fingerprint density at radius 1 is 1.41 bits per heavy atom. The maximum Gasteiger partial charge on any atom is 0.185 e. The van der Waals surface area contributed by atoms with E-state index in [4.69, 9.17) is 0 Å². The Labute approximate surface area is 103 Å². The SMILES string of the molecule is CC(=O)SCCC#Cc1ccc2n[nH]nc2c1. The summed E-state index contributed by atoms with van der Waals surface area (Å²) in [6.07, 6.45) is 0.709. The van der Waals surface area contributed by atoms with E-state index in [1.54, 1.807) is 6.92 Å². The molecule has 0 aliphatic rings. The van der Waals surface area contributed by atoms with Gasteiger partial charge in [0, 0.05) is 24.7 Å². The average molecular weight is 245 g/mol. The van der Waals surface area contributed by atoms with Crippen LogP contribution >= 0.6 is 11.8 Å². The Morgan fingerprint density at radius 3 is 3.06 bits per heavy atom. The van der Waals surface area contributed by atoms with Crippen LogP contribution in [0.3, 0.4) is 0 Å². The zero-order valence-electron chi connectivity index (χ0n) is 9.36. The van der Waals surface area contributed by atoms with Crippen molar-refractivity contribution in [2.45, 2.75) is 13.3 Å². The maximum absolute atomic E-state index is 10.7. The molecular formula is C12H11N3OS. The number of nitrogens with one attached hydrogen (secondary N) is 1. The summed E-state index contributed by atoms with van der Waals surface area (Å²) in [6, 6.07) is 5.69. The smallest absolute Gasteiger partial charge is 0.185 e. The van der Waals surface area contributed by atoms with Crippen LogP contribution in [0.2, 0.25) is 0 Å². The van der Waals surface area contributed by atoms with Crippen molar-refractivity contribution in [3.8, 4) is 11.8 Å². The van der Waals surface area contributed by atoms with Crippen LogP contribution in [-0.2, 0) is 4.79 Å². The number of rotatable bonds is 2. The molecule has 2 rings (SSSR count). The summed E-state index contributed by atoms with van der Waals surface area (Å²) >= 11 is 1.30. The second-order valence-electron chi connectivity index (χ2n) is 3.42. The predicted molar refractivity (Wildman–Crippen MR) is 68.5 cm³/mol. The molecule has 0 aliphatic carbocycles. The molecule has 5 heteroatoms. The molecule has 17 heavy (non-hydrogen) atoms. The Bertz CT molecular complexity index is 594. The van der Waals surface area contributed by atoms with Gasteiger partial charge < -0.3 is 0 Å². The molecule has 0 unspecified atom stereocenters. The molecule has 0 radical (unpaired) electrons. The zero-order chi connectivity index (χ0) is 12.1. The Kier molecular flexibility index (Phi) is 3.78. The zero-order valence-corrected chi connectivity index (χ0v) is 10.2. The Hall–Kier alpha value is -1.80. The quantitative estimate of drug-likeness (QED) is 0.649. The van der Waals surface area contributed by atoms with Gasteiger partial charge >= 0.3 is 0 Å². The van der Waals surface area contributed by atoms with Crippen LogP contribution in [0.4, 0.5) is 0 Å². The summed E-state index contributed by atoms with van der Waals surface area (Å²) in [5.41, 5.74) is 2.57. The first kappa shape index (κ1) is 11.7. The molecule has 0 amide bonds. The molecule has 0 atom stereocenters. The van der Waals surface area contributed by atoms with E-state index in [0.717, 1.165) is 22.3 Å². The van der Waals surface area contributed by atoms with Crippen LogP contribution < -0.4 is 0 Å². The number of aromatic nitrogens is 3. The Morgan fingerprint density at radius 2 is 2.24 bits per heavy atom. The first-order valence-corrected chi connectivity index (χ1v) is 6.17. The van der Waals surface area contributed by atoms with Crippen molar-refractivity contribution < 1.29 is 4.79 Å². The number of aromatic amines is 1. The van der Waals surface area contributed by atoms with Crippen LogP contribution in [-0.4, -0.2) is 26.3 Å². The number of thioether (sulfide) groups is 1. The number of hydrogen-bond donors (Lipinski definition) is 1. The minimum absolute atomic E-state index is 0.135. The van der Waals surface area contributed by atoms with Crippen molar-refractivity contribution >= 4 is 27.9 Å². The van der Waals surface area contributed by atoms with Gasteiger partial charge in [-0.25, -0.2) is 0 Å². The van der Waals surface area contributed by atoms with Gasteiger partial charge in [-0.1, -0.05) is 23.6 Å². The second kappa shape index (κ2) is 5.51. The fourth-order valence-electron chi connectivity index (χ4n) is 1.33. The summed E-state index contributed by atoms with van der Waals surface area (Å²) in [5.74, 6) is 6.82. The molecule has 4 nitrogen and oxygen atoms in total. The predicted octanol–water partition coefficient (Wildman–Crippen LogP) is 1.98. The summed E-state index contributed by atoms with van der Waals surface area (Å²) in [5, 5.41) is 10.7. The van der Waals surface area contributed by atoms with Gasteiger partial charge in [0.05, 0.1) is 0 Å². The lowest BCUT2D eigenvalue weighted by atomic mass is 10.2. The average Bonchev–Trinajstić information content (AvgIpc) is 2.75. The molecule has 0 spiro atoms. The second-order valence-corrected chi connectivity index (χ2v) is 4.69. The number of fused-ring (bicyclic) bond motifs is 1. The third-order valence-electron chi connectivity index (χ3n) is 2.08. The topological polar surface area (TPSA) is 58.6 Å². The standard InChI is InChI=1S/C12H11N3OS/c1-9(16)17-7-3-2-4-10-5-6-11-12(8-10)14-15-13-11/h5-6,8H,3,7H2,1H3,(H,13,14,15). The van der Waals surface area contributed by atoms with E-state index in [1.807, 2.05) is 18.2 Å². The third kappa shape index (κ3) is 3.33. The number of carbonyl (C=O) groups is 1. The van der Waals surface area contributed by atoms with E-state index >= 15 is 0 Å². The fraction of sp³-hybridized carbons (Fsp3) is 0.250. The Balaban J connectivity index is 1.98. The highest BCUT2D eigenvalue weighted by Crippen LogP contribution is 2.09. The molecule has 1 aromatic heterocycles. The van der Waals surface area contributed by atoms with Crippen LogP contribution in [0, 0.1) is 11.8 Å². The molecule has 0 aliphatic heterocycles. The molecule has 1 heterocycles. The van der Waals surface area contributed by atoms with Gasteiger partial charge in [0.1, 0.15) is 11.0 Å². The van der Waals surface area contributed by atoms with Crippen LogP contribution in [0.1, 0.15) is 18.9 Å². The third-order valence-corrected chi connectivity index (χ3v) is 2.90. The van der Waals surface area contributed by atoms with Crippen molar-refractivity contribution in [3.05, 3.63) is 23.8 Å². The number of hydrogen-bond acceptors (Lipinski definition) is 4. The molecule has 2 aromatic rings. The van der Waals surface area contributed by atoms with E-state index in [0.29, 0.717) is 6.42 Å². The van der Waals surface area contributed by atoms with Gasteiger partial charge in [0.2, 0.25) is 0 Å². The van der Waals surface area contributed by atoms with E-state index in [9.17, 15) is 4.79 Å². The number of benzene rings is 1. The number of nitrogens with zero attached hydrogens (tertiary/aromatic N) is 2. The van der Waals surface area contributed by atoms with Crippen LogP contribution in [0.5, 0.6) is 0 Å². The monoisotopic (exact) mass is 245 g/mol. The lowest BCUT2D eigenvalue weighted by molar-refractivity contribution is -0.109. The summed E-state index contributed by atoms with van der Waals surface area (Å²) in [6.45, 7) is 1.57. The molecular weight excluding hydrogens is 234 g/mol. The molecule has 1 N–H and O–H groups in total. The van der Waals surface area contributed by atoms with Crippen molar-refractivity contribution in [1.29, 1.82) is 0 Å². The van der Waals surface area contributed by atoms with Gasteiger partial charge in [0.25, 0.3) is 0 Å². The molecule has 86 valence electrons. The number of H-pyrrole nitrogens is 1. The fourth-order valence-corrected chi connectivity index (χ4v) is 1.82. The molecule has 0 saturated heterocycles. The van der Waals surface area contributed by atoms with E-state index in [-0.39, 0.29) is 5.12 Å². The highest BCUT2D eigenvalue weighted by Gasteiger charge is 1.97. The van der Waals surface area contributed by atoms with Crippen LogP contribution in [0.15, 0.2) is 18.2 Å². The summed E-state index contributed by atoms with van der Waals surface area (Å²) < 4.78 is 0. The van der Waals surface area contributed by atoms with E-state index in [2.05, 4.69) is 27.3 Å². The van der Waals surface area contributed by atoms with Crippen molar-refractivity contribution in [3.63, 3.8) is 0 Å². The summed E-state index contributed by atoms with van der Waals surface area (Å²) in [7, 11) is 0. The van der Waals surface area contributed by atoms with Gasteiger partial charge in [0.15, 0.2) is 5.12 Å². The van der Waals surface area contributed by atoms with Gasteiger partial charge in [-0.3, -0.25) is 4.79 Å². The molecule has 0 saturated carbocycles. The van der Waals surface area contributed by atoms with E-state index in [1.165, 1.54) is 11.8 Å². The molecule has 1 aromatic carbocycles. The minimum Gasteiger partial charge on any atom is -0.288 e. The summed E-state index contributed by atoms with van der Waals surface area (Å²) in [4.78, 5) is 10.7. The first-order chi connectivity index (χ1) is 8.25. The normalized spacial score (nSPS) is 9.94. The highest BCUT2D eigenvalue weighted by atomic mass is 32.2. The lowest BCUT2D eigenvalue weighted by Crippen LogP contribution is -1.84. The minimum atomic E-state index is 0.135. The molecule has 0 fully saturated rings. The van der Waals surface area contributed by atoms with E-state index < -0.39 is 0 Å². The van der Waals surface area contributed by atoms with Gasteiger partial charge in [-0.05, 0) is 18.2 Å². The maximum atomic E-state index is 10.7. The number of carbonyl (C=O) groups excluding carboxylic acids is 1. The lowest BCUT2D eigenvalue weighted by Gasteiger charge is -1.90. The highest BCUT2D eigenvalue weighted by molar-refractivity contribution is 8.13. The molecule has 0 bridgehead atoms. The van der Waals surface area contributed by atoms with Crippen molar-refractivity contribution in [1.82, 2.24) is 15.4 Å². The van der Waals surface area contributed by atoms with Crippen LogP contribution in [0.25, 0.3) is 11.0 Å². The van der Waals surface area contributed by atoms with Gasteiger partial charge in [-0.2, -0.15) is 15.4 Å². The van der Waals surface area contributed by atoms with Crippen molar-refractivity contribution in [2.75, 3.05) is 5.75 Å². The van der Waals surface area contributed by atoms with Crippen molar-refractivity contribution in [2.24, 2.45) is 0 Å². The van der Waals surface area contributed by atoms with Gasteiger partial charge in [-0.15, -0.1) is 0 Å².